The van der Waals surface area contributed by atoms with Crippen LogP contribution < -0.4 is 10.6 Å². The molecule has 1 saturated heterocycles. The molecule has 2 N–H and O–H groups in total. The zero-order valence-corrected chi connectivity index (χ0v) is 8.99. The lowest BCUT2D eigenvalue weighted by Crippen LogP contribution is -2.51. The Bertz CT molecular complexity index is 388. The molecule has 1 heterocycles. The number of hydrogen-bond donors (Lipinski definition) is 2. The summed E-state index contributed by atoms with van der Waals surface area (Å²) >= 11 is 5.82. The molecule has 1 fully saturated rings. The second-order valence-electron chi connectivity index (χ2n) is 3.69. The number of benzene rings is 1. The molecule has 2 nitrogen and oxygen atoms in total. The van der Waals surface area contributed by atoms with Crippen LogP contribution in [0.4, 0.5) is 18.9 Å². The van der Waals surface area contributed by atoms with Gasteiger partial charge in [-0.25, -0.2) is 0 Å². The molecular weight excluding hydrogens is 241 g/mol. The minimum absolute atomic E-state index is 0.154. The third-order valence-corrected chi connectivity index (χ3v) is 2.76. The summed E-state index contributed by atoms with van der Waals surface area (Å²) in [6, 6.07) is 3.44. The lowest BCUT2D eigenvalue weighted by Gasteiger charge is -2.29. The normalized spacial score (nSPS) is 17.0. The van der Waals surface area contributed by atoms with Crippen molar-refractivity contribution in [3.8, 4) is 0 Å². The van der Waals surface area contributed by atoms with Gasteiger partial charge in [-0.2, -0.15) is 13.2 Å². The zero-order valence-electron chi connectivity index (χ0n) is 8.24. The van der Waals surface area contributed by atoms with Gasteiger partial charge in [-0.1, -0.05) is 11.6 Å². The highest BCUT2D eigenvalue weighted by Crippen LogP contribution is 2.34. The number of anilines is 1. The molecule has 0 aliphatic carbocycles. The molecule has 0 atom stereocenters. The molecule has 16 heavy (non-hydrogen) atoms. The van der Waals surface area contributed by atoms with E-state index in [-0.39, 0.29) is 6.04 Å². The number of nitrogens with one attached hydrogen (secondary N) is 2. The van der Waals surface area contributed by atoms with Crippen molar-refractivity contribution in [2.75, 3.05) is 18.4 Å². The quantitative estimate of drug-likeness (QED) is 0.843. The van der Waals surface area contributed by atoms with Gasteiger partial charge in [-0.3, -0.25) is 0 Å². The molecule has 2 rings (SSSR count). The number of rotatable bonds is 2. The largest absolute Gasteiger partial charge is 0.416 e. The second-order valence-corrected chi connectivity index (χ2v) is 4.10. The monoisotopic (exact) mass is 250 g/mol. The van der Waals surface area contributed by atoms with Crippen LogP contribution in [0.5, 0.6) is 0 Å². The van der Waals surface area contributed by atoms with Gasteiger partial charge in [-0.15, -0.1) is 0 Å². The molecule has 0 unspecified atom stereocenters. The van der Waals surface area contributed by atoms with Gasteiger partial charge in [-0.05, 0) is 18.2 Å². The molecule has 0 amide bonds. The van der Waals surface area contributed by atoms with E-state index >= 15 is 0 Å². The van der Waals surface area contributed by atoms with Gasteiger partial charge in [0.05, 0.1) is 22.3 Å². The minimum Gasteiger partial charge on any atom is -0.379 e. The fraction of sp³-hybridized carbons (Fsp3) is 0.400. The average molecular weight is 251 g/mol. The van der Waals surface area contributed by atoms with E-state index in [2.05, 4.69) is 10.6 Å². The Kier molecular flexibility index (Phi) is 2.99. The van der Waals surface area contributed by atoms with E-state index in [0.717, 1.165) is 25.2 Å². The SMILES string of the molecule is FC(F)(F)c1ccc(Cl)c(NC2CNC2)c1. The molecular formula is C10H10ClF3N2. The summed E-state index contributed by atoms with van der Waals surface area (Å²) < 4.78 is 37.3. The standard InChI is InChI=1S/C10H10ClF3N2/c11-8-2-1-6(10(12,13)14)3-9(8)16-7-4-15-5-7/h1-3,7,15-16H,4-5H2. The van der Waals surface area contributed by atoms with E-state index in [9.17, 15) is 13.2 Å². The van der Waals surface area contributed by atoms with Crippen molar-refractivity contribution < 1.29 is 13.2 Å². The fourth-order valence-electron chi connectivity index (χ4n) is 1.42. The first-order valence-electron chi connectivity index (χ1n) is 4.81. The number of halogens is 4. The van der Waals surface area contributed by atoms with Crippen LogP contribution in [-0.2, 0) is 6.18 Å². The Balaban J connectivity index is 2.21. The molecule has 0 aromatic heterocycles. The van der Waals surface area contributed by atoms with E-state index in [0.29, 0.717) is 10.7 Å². The number of alkyl halides is 3. The first-order chi connectivity index (χ1) is 7.47. The molecule has 0 spiro atoms. The van der Waals surface area contributed by atoms with E-state index < -0.39 is 11.7 Å². The van der Waals surface area contributed by atoms with Crippen LogP contribution in [0.15, 0.2) is 18.2 Å². The van der Waals surface area contributed by atoms with Crippen LogP contribution in [0.1, 0.15) is 5.56 Å². The van der Waals surface area contributed by atoms with Crippen LogP contribution in [0.25, 0.3) is 0 Å². The maximum atomic E-state index is 12.4. The molecule has 88 valence electrons. The average Bonchev–Trinajstić information content (AvgIpc) is 2.11. The van der Waals surface area contributed by atoms with Gasteiger partial charge in [0.1, 0.15) is 0 Å². The second kappa shape index (κ2) is 4.14. The summed E-state index contributed by atoms with van der Waals surface area (Å²) in [6.07, 6.45) is -4.33. The topological polar surface area (TPSA) is 24.1 Å². The van der Waals surface area contributed by atoms with E-state index in [4.69, 9.17) is 11.6 Å². The highest BCUT2D eigenvalue weighted by molar-refractivity contribution is 6.33. The summed E-state index contributed by atoms with van der Waals surface area (Å²) in [5, 5.41) is 6.29. The predicted molar refractivity (Wildman–Crippen MR) is 56.7 cm³/mol. The Morgan fingerprint density at radius 2 is 2.00 bits per heavy atom. The summed E-state index contributed by atoms with van der Waals surface area (Å²) in [5.74, 6) is 0. The van der Waals surface area contributed by atoms with Gasteiger partial charge in [0, 0.05) is 13.1 Å². The van der Waals surface area contributed by atoms with Crippen LogP contribution in [-0.4, -0.2) is 19.1 Å². The van der Waals surface area contributed by atoms with Gasteiger partial charge in [0.25, 0.3) is 0 Å². The van der Waals surface area contributed by atoms with E-state index in [1.54, 1.807) is 0 Å². The lowest BCUT2D eigenvalue weighted by molar-refractivity contribution is -0.137. The molecule has 1 aromatic carbocycles. The van der Waals surface area contributed by atoms with Crippen LogP contribution in [0, 0.1) is 0 Å². The van der Waals surface area contributed by atoms with Crippen molar-refractivity contribution in [2.24, 2.45) is 0 Å². The third-order valence-electron chi connectivity index (χ3n) is 2.43. The van der Waals surface area contributed by atoms with Crippen molar-refractivity contribution in [1.29, 1.82) is 0 Å². The molecule has 1 aromatic rings. The maximum Gasteiger partial charge on any atom is 0.416 e. The van der Waals surface area contributed by atoms with Crippen molar-refractivity contribution in [3.63, 3.8) is 0 Å². The summed E-state index contributed by atoms with van der Waals surface area (Å²) in [5.41, 5.74) is -0.352. The Hall–Kier alpha value is -0.940. The zero-order chi connectivity index (χ0) is 11.8. The summed E-state index contributed by atoms with van der Waals surface area (Å²) in [6.45, 7) is 1.49. The first kappa shape index (κ1) is 11.5. The van der Waals surface area contributed by atoms with Crippen LogP contribution in [0.2, 0.25) is 5.02 Å². The fourth-order valence-corrected chi connectivity index (χ4v) is 1.59. The lowest BCUT2D eigenvalue weighted by atomic mass is 10.1. The molecule has 1 aliphatic heterocycles. The summed E-state index contributed by atoms with van der Waals surface area (Å²) in [7, 11) is 0. The van der Waals surface area contributed by atoms with Gasteiger partial charge < -0.3 is 10.6 Å². The van der Waals surface area contributed by atoms with Crippen molar-refractivity contribution in [2.45, 2.75) is 12.2 Å². The van der Waals surface area contributed by atoms with Crippen molar-refractivity contribution in [1.82, 2.24) is 5.32 Å². The Morgan fingerprint density at radius 1 is 1.31 bits per heavy atom. The minimum atomic E-state index is -4.33. The highest BCUT2D eigenvalue weighted by atomic mass is 35.5. The van der Waals surface area contributed by atoms with E-state index in [1.165, 1.54) is 6.07 Å². The molecule has 0 saturated carbocycles. The molecule has 0 bridgehead atoms. The third kappa shape index (κ3) is 2.41. The first-order valence-corrected chi connectivity index (χ1v) is 5.18. The Morgan fingerprint density at radius 3 is 2.50 bits per heavy atom. The van der Waals surface area contributed by atoms with Gasteiger partial charge >= 0.3 is 6.18 Å². The smallest absolute Gasteiger partial charge is 0.379 e. The van der Waals surface area contributed by atoms with Gasteiger partial charge in [0.2, 0.25) is 0 Å². The van der Waals surface area contributed by atoms with Crippen molar-refractivity contribution in [3.05, 3.63) is 28.8 Å². The Labute approximate surface area is 95.8 Å². The van der Waals surface area contributed by atoms with Crippen LogP contribution in [0.3, 0.4) is 0 Å². The van der Waals surface area contributed by atoms with Crippen molar-refractivity contribution >= 4 is 17.3 Å². The number of hydrogen-bond acceptors (Lipinski definition) is 2. The molecule has 0 radical (unpaired) electrons. The summed E-state index contributed by atoms with van der Waals surface area (Å²) in [4.78, 5) is 0. The highest BCUT2D eigenvalue weighted by Gasteiger charge is 2.31. The van der Waals surface area contributed by atoms with Gasteiger partial charge in [0.15, 0.2) is 0 Å². The molecule has 1 aliphatic rings. The van der Waals surface area contributed by atoms with E-state index in [1.807, 2.05) is 0 Å². The molecule has 6 heteroatoms. The maximum absolute atomic E-state index is 12.4. The predicted octanol–water partition coefficient (Wildman–Crippen LogP) is 2.74. The van der Waals surface area contributed by atoms with Crippen LogP contribution >= 0.6 is 11.6 Å².